The number of rotatable bonds is 5. The summed E-state index contributed by atoms with van der Waals surface area (Å²) >= 11 is 3.47. The molecule has 0 aliphatic carbocycles. The van der Waals surface area contributed by atoms with E-state index >= 15 is 0 Å². The standard InChI is InChI=1S/C15H17BrF2N2O/c1-3-20-12(14(16)9(2)19-20)8-13(21)10-5-4-6-11(7-10)15(17)18/h4-7,13,15,21H,3,8H2,1-2H3. The summed E-state index contributed by atoms with van der Waals surface area (Å²) in [5, 5.41) is 14.7. The number of aliphatic hydroxyl groups excluding tert-OH is 1. The van der Waals surface area contributed by atoms with Crippen LogP contribution >= 0.6 is 15.9 Å². The van der Waals surface area contributed by atoms with Gasteiger partial charge in [-0.2, -0.15) is 5.10 Å². The zero-order chi connectivity index (χ0) is 15.6. The highest BCUT2D eigenvalue weighted by Gasteiger charge is 2.18. The van der Waals surface area contributed by atoms with E-state index in [1.165, 1.54) is 18.2 Å². The Bertz CT molecular complexity index is 628. The molecule has 0 aliphatic rings. The van der Waals surface area contributed by atoms with Crippen molar-refractivity contribution >= 4 is 15.9 Å². The van der Waals surface area contributed by atoms with Gasteiger partial charge in [0.1, 0.15) is 0 Å². The summed E-state index contributed by atoms with van der Waals surface area (Å²) in [5.74, 6) is 0. The summed E-state index contributed by atoms with van der Waals surface area (Å²) in [6.07, 6.45) is -3.06. The summed E-state index contributed by atoms with van der Waals surface area (Å²) in [6, 6.07) is 5.90. The van der Waals surface area contributed by atoms with Gasteiger partial charge in [0, 0.05) is 18.5 Å². The van der Waals surface area contributed by atoms with Gasteiger partial charge in [-0.3, -0.25) is 4.68 Å². The molecule has 1 N–H and O–H groups in total. The molecule has 1 unspecified atom stereocenters. The summed E-state index contributed by atoms with van der Waals surface area (Å²) in [6.45, 7) is 4.53. The van der Waals surface area contributed by atoms with Gasteiger partial charge in [-0.25, -0.2) is 8.78 Å². The van der Waals surface area contributed by atoms with Crippen molar-refractivity contribution in [2.45, 2.75) is 39.3 Å². The minimum atomic E-state index is -2.53. The maximum atomic E-state index is 12.7. The van der Waals surface area contributed by atoms with Crippen LogP contribution in [0.4, 0.5) is 8.78 Å². The van der Waals surface area contributed by atoms with E-state index in [9.17, 15) is 13.9 Å². The van der Waals surface area contributed by atoms with Gasteiger partial charge in [0.2, 0.25) is 0 Å². The lowest BCUT2D eigenvalue weighted by molar-refractivity contribution is 0.149. The average Bonchev–Trinajstić information content (AvgIpc) is 2.75. The molecule has 0 bridgehead atoms. The highest BCUT2D eigenvalue weighted by atomic mass is 79.9. The van der Waals surface area contributed by atoms with Crippen LogP contribution in [0.1, 0.15) is 42.0 Å². The van der Waals surface area contributed by atoms with E-state index in [4.69, 9.17) is 0 Å². The van der Waals surface area contributed by atoms with Gasteiger partial charge in [0.05, 0.1) is 22.0 Å². The number of aryl methyl sites for hydroxylation is 2. The summed E-state index contributed by atoms with van der Waals surface area (Å²) in [7, 11) is 0. The van der Waals surface area contributed by atoms with Crippen LogP contribution in [0.5, 0.6) is 0 Å². The maximum absolute atomic E-state index is 12.7. The van der Waals surface area contributed by atoms with Gasteiger partial charge < -0.3 is 5.11 Å². The zero-order valence-corrected chi connectivity index (χ0v) is 13.4. The first-order valence-electron chi connectivity index (χ1n) is 6.71. The average molecular weight is 359 g/mol. The number of aromatic nitrogens is 2. The highest BCUT2D eigenvalue weighted by Crippen LogP contribution is 2.28. The SMILES string of the molecule is CCn1nc(C)c(Br)c1CC(O)c1cccc(C(F)F)c1. The summed E-state index contributed by atoms with van der Waals surface area (Å²) in [4.78, 5) is 0. The number of hydrogen-bond acceptors (Lipinski definition) is 2. The van der Waals surface area contributed by atoms with E-state index in [1.807, 2.05) is 13.8 Å². The molecule has 0 radical (unpaired) electrons. The number of alkyl halides is 2. The highest BCUT2D eigenvalue weighted by molar-refractivity contribution is 9.10. The molecule has 21 heavy (non-hydrogen) atoms. The lowest BCUT2D eigenvalue weighted by Gasteiger charge is -2.14. The molecule has 0 aliphatic heterocycles. The molecule has 1 aromatic carbocycles. The van der Waals surface area contributed by atoms with Crippen LogP contribution in [-0.2, 0) is 13.0 Å². The van der Waals surface area contributed by atoms with Crippen molar-refractivity contribution in [3.63, 3.8) is 0 Å². The lowest BCUT2D eigenvalue weighted by Crippen LogP contribution is -2.09. The van der Waals surface area contributed by atoms with E-state index in [0.29, 0.717) is 18.5 Å². The van der Waals surface area contributed by atoms with Gasteiger partial charge >= 0.3 is 0 Å². The molecule has 1 atom stereocenters. The summed E-state index contributed by atoms with van der Waals surface area (Å²) < 4.78 is 28.1. The van der Waals surface area contributed by atoms with Gasteiger partial charge in [0.25, 0.3) is 6.43 Å². The minimum absolute atomic E-state index is 0.0780. The smallest absolute Gasteiger partial charge is 0.263 e. The number of benzene rings is 1. The molecular formula is C15H17BrF2N2O. The zero-order valence-electron chi connectivity index (χ0n) is 11.9. The van der Waals surface area contributed by atoms with Gasteiger partial charge in [-0.05, 0) is 41.4 Å². The Morgan fingerprint density at radius 3 is 2.62 bits per heavy atom. The molecule has 6 heteroatoms. The molecular weight excluding hydrogens is 342 g/mol. The third kappa shape index (κ3) is 3.49. The summed E-state index contributed by atoms with van der Waals surface area (Å²) in [5.41, 5.74) is 2.12. The fourth-order valence-electron chi connectivity index (χ4n) is 2.27. The van der Waals surface area contributed by atoms with Crippen molar-refractivity contribution in [2.75, 3.05) is 0 Å². The Balaban J connectivity index is 2.26. The van der Waals surface area contributed by atoms with Gasteiger partial charge in [0.15, 0.2) is 0 Å². The Hall–Kier alpha value is -1.27. The van der Waals surface area contributed by atoms with E-state index < -0.39 is 12.5 Å². The van der Waals surface area contributed by atoms with Crippen LogP contribution in [0.2, 0.25) is 0 Å². The van der Waals surface area contributed by atoms with Crippen LogP contribution in [0.3, 0.4) is 0 Å². The minimum Gasteiger partial charge on any atom is -0.388 e. The Morgan fingerprint density at radius 1 is 1.33 bits per heavy atom. The predicted molar refractivity (Wildman–Crippen MR) is 80.4 cm³/mol. The second-order valence-corrected chi connectivity index (χ2v) is 5.65. The van der Waals surface area contributed by atoms with Crippen LogP contribution in [0.25, 0.3) is 0 Å². The second-order valence-electron chi connectivity index (χ2n) is 4.85. The Kier molecular flexibility index (Phi) is 5.11. The molecule has 0 saturated carbocycles. The Labute approximate surface area is 130 Å². The number of halogens is 3. The first-order valence-corrected chi connectivity index (χ1v) is 7.51. The molecule has 2 aromatic rings. The molecule has 0 amide bonds. The molecule has 1 aromatic heterocycles. The largest absolute Gasteiger partial charge is 0.388 e. The quantitative estimate of drug-likeness (QED) is 0.870. The first-order chi connectivity index (χ1) is 9.93. The molecule has 0 saturated heterocycles. The van der Waals surface area contributed by atoms with Crippen molar-refractivity contribution in [3.8, 4) is 0 Å². The third-order valence-electron chi connectivity index (χ3n) is 3.39. The molecule has 0 spiro atoms. The van der Waals surface area contributed by atoms with E-state index in [-0.39, 0.29) is 5.56 Å². The van der Waals surface area contributed by atoms with Gasteiger partial charge in [-0.1, -0.05) is 18.2 Å². The van der Waals surface area contributed by atoms with Crippen LogP contribution in [0.15, 0.2) is 28.7 Å². The topological polar surface area (TPSA) is 38.0 Å². The number of aliphatic hydroxyl groups is 1. The van der Waals surface area contributed by atoms with E-state index in [1.54, 1.807) is 10.7 Å². The number of hydrogen-bond donors (Lipinski definition) is 1. The van der Waals surface area contributed by atoms with Crippen molar-refractivity contribution in [1.29, 1.82) is 0 Å². The van der Waals surface area contributed by atoms with Crippen LogP contribution in [0, 0.1) is 6.92 Å². The van der Waals surface area contributed by atoms with Crippen LogP contribution < -0.4 is 0 Å². The van der Waals surface area contributed by atoms with E-state index in [0.717, 1.165) is 15.9 Å². The maximum Gasteiger partial charge on any atom is 0.263 e. The Morgan fingerprint density at radius 2 is 2.00 bits per heavy atom. The molecule has 0 fully saturated rings. The van der Waals surface area contributed by atoms with Crippen LogP contribution in [-0.4, -0.2) is 14.9 Å². The lowest BCUT2D eigenvalue weighted by atomic mass is 10.0. The van der Waals surface area contributed by atoms with Crippen molar-refractivity contribution < 1.29 is 13.9 Å². The molecule has 1 heterocycles. The van der Waals surface area contributed by atoms with E-state index in [2.05, 4.69) is 21.0 Å². The number of nitrogens with zero attached hydrogens (tertiary/aromatic N) is 2. The van der Waals surface area contributed by atoms with Crippen molar-refractivity contribution in [1.82, 2.24) is 9.78 Å². The fourth-order valence-corrected chi connectivity index (χ4v) is 2.71. The molecule has 3 nitrogen and oxygen atoms in total. The first kappa shape index (κ1) is 16.1. The molecule has 114 valence electrons. The fraction of sp³-hybridized carbons (Fsp3) is 0.400. The van der Waals surface area contributed by atoms with Crippen molar-refractivity contribution in [2.24, 2.45) is 0 Å². The molecule has 2 rings (SSSR count). The third-order valence-corrected chi connectivity index (χ3v) is 4.42. The normalized spacial score (nSPS) is 12.9. The predicted octanol–water partition coefficient (Wildman–Crippen LogP) is 4.19. The van der Waals surface area contributed by atoms with Crippen molar-refractivity contribution in [3.05, 3.63) is 51.3 Å². The second kappa shape index (κ2) is 6.66. The monoisotopic (exact) mass is 358 g/mol. The van der Waals surface area contributed by atoms with Gasteiger partial charge in [-0.15, -0.1) is 0 Å².